The van der Waals surface area contributed by atoms with E-state index in [1.165, 1.54) is 18.4 Å². The van der Waals surface area contributed by atoms with Gasteiger partial charge in [0.25, 0.3) is 0 Å². The number of urea groups is 1. The van der Waals surface area contributed by atoms with Crippen molar-refractivity contribution in [2.75, 3.05) is 18.4 Å². The van der Waals surface area contributed by atoms with E-state index in [9.17, 15) is 4.79 Å². The highest BCUT2D eigenvalue weighted by atomic mass is 16.2. The van der Waals surface area contributed by atoms with E-state index in [1.54, 1.807) is 0 Å². The molecule has 3 heteroatoms. The molecule has 1 aliphatic heterocycles. The van der Waals surface area contributed by atoms with Gasteiger partial charge in [0.2, 0.25) is 0 Å². The lowest BCUT2D eigenvalue weighted by Crippen LogP contribution is -2.36. The standard InChI is InChI=1S/C16H24N2O/c1-12-10-13(2)15(14(3)11-12)17-16(19)18-8-6-4-5-7-9-18/h10-11H,4-9H2,1-3H3,(H,17,19). The summed E-state index contributed by atoms with van der Waals surface area (Å²) < 4.78 is 0. The average Bonchev–Trinajstić information content (AvgIpc) is 2.62. The molecule has 0 atom stereocenters. The molecule has 1 heterocycles. The molecule has 2 rings (SSSR count). The van der Waals surface area contributed by atoms with Crippen molar-refractivity contribution in [3.8, 4) is 0 Å². The Labute approximate surface area is 116 Å². The van der Waals surface area contributed by atoms with Crippen LogP contribution in [-0.4, -0.2) is 24.0 Å². The third kappa shape index (κ3) is 3.49. The maximum absolute atomic E-state index is 12.3. The van der Waals surface area contributed by atoms with Gasteiger partial charge in [-0.3, -0.25) is 0 Å². The maximum atomic E-state index is 12.3. The third-order valence-corrected chi connectivity index (χ3v) is 3.80. The molecule has 3 nitrogen and oxygen atoms in total. The molecular weight excluding hydrogens is 236 g/mol. The Morgan fingerprint density at radius 1 is 1.00 bits per heavy atom. The molecule has 1 N–H and O–H groups in total. The lowest BCUT2D eigenvalue weighted by molar-refractivity contribution is 0.213. The zero-order valence-corrected chi connectivity index (χ0v) is 12.3. The van der Waals surface area contributed by atoms with Crippen molar-refractivity contribution in [3.63, 3.8) is 0 Å². The van der Waals surface area contributed by atoms with Crippen LogP contribution >= 0.6 is 0 Å². The Hall–Kier alpha value is -1.51. The molecule has 0 aliphatic carbocycles. The number of hydrogen-bond acceptors (Lipinski definition) is 1. The van der Waals surface area contributed by atoms with Gasteiger partial charge in [0.15, 0.2) is 0 Å². The quantitative estimate of drug-likeness (QED) is 0.812. The summed E-state index contributed by atoms with van der Waals surface area (Å²) in [6, 6.07) is 4.28. The highest BCUT2D eigenvalue weighted by molar-refractivity contribution is 5.91. The molecular formula is C16H24N2O. The molecule has 1 aromatic carbocycles. The number of anilines is 1. The van der Waals surface area contributed by atoms with Crippen molar-refractivity contribution in [1.29, 1.82) is 0 Å². The topological polar surface area (TPSA) is 32.3 Å². The number of hydrogen-bond donors (Lipinski definition) is 1. The number of likely N-dealkylation sites (tertiary alicyclic amines) is 1. The predicted octanol–water partition coefficient (Wildman–Crippen LogP) is 4.02. The van der Waals surface area contributed by atoms with Gasteiger partial charge in [-0.1, -0.05) is 30.5 Å². The van der Waals surface area contributed by atoms with E-state index in [0.29, 0.717) is 0 Å². The zero-order valence-electron chi connectivity index (χ0n) is 12.3. The second-order valence-corrected chi connectivity index (χ2v) is 5.61. The molecule has 1 saturated heterocycles. The van der Waals surface area contributed by atoms with Crippen LogP contribution in [0.3, 0.4) is 0 Å². The molecule has 0 bridgehead atoms. The van der Waals surface area contributed by atoms with Gasteiger partial charge in [0.1, 0.15) is 0 Å². The number of carbonyl (C=O) groups is 1. The highest BCUT2D eigenvalue weighted by Crippen LogP contribution is 2.22. The van der Waals surface area contributed by atoms with Gasteiger partial charge in [-0.2, -0.15) is 0 Å². The van der Waals surface area contributed by atoms with E-state index in [1.807, 2.05) is 4.90 Å². The van der Waals surface area contributed by atoms with Gasteiger partial charge in [0, 0.05) is 18.8 Å². The Morgan fingerprint density at radius 2 is 1.53 bits per heavy atom. The van der Waals surface area contributed by atoms with E-state index in [-0.39, 0.29) is 6.03 Å². The summed E-state index contributed by atoms with van der Waals surface area (Å²) in [6.07, 6.45) is 4.73. The fraction of sp³-hybridized carbons (Fsp3) is 0.562. The molecule has 104 valence electrons. The lowest BCUT2D eigenvalue weighted by atomic mass is 10.1. The third-order valence-electron chi connectivity index (χ3n) is 3.80. The van der Waals surface area contributed by atoms with Crippen LogP contribution in [0.15, 0.2) is 12.1 Å². The van der Waals surface area contributed by atoms with Crippen molar-refractivity contribution < 1.29 is 4.79 Å². The Morgan fingerprint density at radius 3 is 2.05 bits per heavy atom. The number of carbonyl (C=O) groups excluding carboxylic acids is 1. The number of rotatable bonds is 1. The molecule has 1 fully saturated rings. The van der Waals surface area contributed by atoms with E-state index in [4.69, 9.17) is 0 Å². The summed E-state index contributed by atoms with van der Waals surface area (Å²) in [6.45, 7) is 7.96. The van der Waals surface area contributed by atoms with Crippen LogP contribution < -0.4 is 5.32 Å². The Kier molecular flexibility index (Phi) is 4.46. The van der Waals surface area contributed by atoms with Crippen molar-refractivity contribution >= 4 is 11.7 Å². The Bertz CT molecular complexity index is 437. The number of benzene rings is 1. The molecule has 1 aliphatic rings. The molecule has 19 heavy (non-hydrogen) atoms. The number of aryl methyl sites for hydroxylation is 3. The number of nitrogens with zero attached hydrogens (tertiary/aromatic N) is 1. The first kappa shape index (κ1) is 13.9. The average molecular weight is 260 g/mol. The van der Waals surface area contributed by atoms with E-state index >= 15 is 0 Å². The predicted molar refractivity (Wildman–Crippen MR) is 79.7 cm³/mol. The summed E-state index contributed by atoms with van der Waals surface area (Å²) in [5, 5.41) is 3.09. The summed E-state index contributed by atoms with van der Waals surface area (Å²) in [5.41, 5.74) is 4.49. The van der Waals surface area contributed by atoms with Gasteiger partial charge in [0.05, 0.1) is 0 Å². The van der Waals surface area contributed by atoms with Crippen LogP contribution in [-0.2, 0) is 0 Å². The largest absolute Gasteiger partial charge is 0.325 e. The minimum atomic E-state index is 0.0527. The van der Waals surface area contributed by atoms with Crippen LogP contribution in [0.4, 0.5) is 10.5 Å². The number of amides is 2. The fourth-order valence-corrected chi connectivity index (χ4v) is 2.84. The maximum Gasteiger partial charge on any atom is 0.321 e. The van der Waals surface area contributed by atoms with Crippen molar-refractivity contribution in [2.45, 2.75) is 46.5 Å². The highest BCUT2D eigenvalue weighted by Gasteiger charge is 2.16. The molecule has 0 unspecified atom stereocenters. The van der Waals surface area contributed by atoms with Gasteiger partial charge in [-0.25, -0.2) is 4.79 Å². The van der Waals surface area contributed by atoms with Crippen LogP contribution in [0, 0.1) is 20.8 Å². The van der Waals surface area contributed by atoms with Crippen LogP contribution in [0.1, 0.15) is 42.4 Å². The summed E-state index contributed by atoms with van der Waals surface area (Å²) in [5.74, 6) is 0. The first-order valence-corrected chi connectivity index (χ1v) is 7.21. The first-order chi connectivity index (χ1) is 9.08. The minimum absolute atomic E-state index is 0.0527. The molecule has 0 saturated carbocycles. The van der Waals surface area contributed by atoms with Gasteiger partial charge >= 0.3 is 6.03 Å². The minimum Gasteiger partial charge on any atom is -0.325 e. The normalized spacial score (nSPS) is 16.1. The number of nitrogens with one attached hydrogen (secondary N) is 1. The molecule has 0 radical (unpaired) electrons. The Balaban J connectivity index is 2.10. The first-order valence-electron chi connectivity index (χ1n) is 7.21. The summed E-state index contributed by atoms with van der Waals surface area (Å²) >= 11 is 0. The van der Waals surface area contributed by atoms with Crippen LogP contribution in [0.25, 0.3) is 0 Å². The SMILES string of the molecule is Cc1cc(C)c(NC(=O)N2CCCCCC2)c(C)c1. The lowest BCUT2D eigenvalue weighted by Gasteiger charge is -2.22. The van der Waals surface area contributed by atoms with E-state index < -0.39 is 0 Å². The van der Waals surface area contributed by atoms with Gasteiger partial charge in [-0.05, 0) is 44.7 Å². The molecule has 0 aromatic heterocycles. The van der Waals surface area contributed by atoms with Crippen molar-refractivity contribution in [1.82, 2.24) is 4.90 Å². The van der Waals surface area contributed by atoms with E-state index in [2.05, 4.69) is 38.2 Å². The summed E-state index contributed by atoms with van der Waals surface area (Å²) in [4.78, 5) is 14.3. The fourth-order valence-electron chi connectivity index (χ4n) is 2.84. The van der Waals surface area contributed by atoms with E-state index in [0.717, 1.165) is 42.7 Å². The van der Waals surface area contributed by atoms with Crippen molar-refractivity contribution in [2.24, 2.45) is 0 Å². The molecule has 2 amide bonds. The van der Waals surface area contributed by atoms with Gasteiger partial charge in [-0.15, -0.1) is 0 Å². The second-order valence-electron chi connectivity index (χ2n) is 5.61. The van der Waals surface area contributed by atoms with Gasteiger partial charge < -0.3 is 10.2 Å². The summed E-state index contributed by atoms with van der Waals surface area (Å²) in [7, 11) is 0. The second kappa shape index (κ2) is 6.09. The molecule has 1 aromatic rings. The smallest absolute Gasteiger partial charge is 0.321 e. The monoisotopic (exact) mass is 260 g/mol. The van der Waals surface area contributed by atoms with Crippen LogP contribution in [0.5, 0.6) is 0 Å². The zero-order chi connectivity index (χ0) is 13.8. The van der Waals surface area contributed by atoms with Crippen molar-refractivity contribution in [3.05, 3.63) is 28.8 Å². The molecule has 0 spiro atoms. The van der Waals surface area contributed by atoms with Crippen LogP contribution in [0.2, 0.25) is 0 Å².